The second-order valence-electron chi connectivity index (χ2n) is 5.45. The molecule has 6 nitrogen and oxygen atoms in total. The van der Waals surface area contributed by atoms with Gasteiger partial charge in [-0.3, -0.25) is 0 Å². The molecule has 0 aromatic rings. The van der Waals surface area contributed by atoms with Gasteiger partial charge in [0, 0.05) is 6.54 Å². The minimum atomic E-state index is -1.22. The van der Waals surface area contributed by atoms with Gasteiger partial charge < -0.3 is 20.1 Å². The summed E-state index contributed by atoms with van der Waals surface area (Å²) in [6, 6.07) is -0.349. The minimum absolute atomic E-state index is 0.335. The molecule has 2 N–H and O–H groups in total. The van der Waals surface area contributed by atoms with Crippen molar-refractivity contribution in [3.05, 3.63) is 0 Å². The number of morpholine rings is 1. The molecule has 1 saturated heterocycles. The maximum Gasteiger partial charge on any atom is 0.329 e. The molecule has 0 spiro atoms. The number of hydrogen-bond acceptors (Lipinski definition) is 3. The fourth-order valence-electron chi connectivity index (χ4n) is 1.80. The quantitative estimate of drug-likeness (QED) is 0.793. The van der Waals surface area contributed by atoms with Crippen molar-refractivity contribution >= 4 is 12.0 Å². The Hall–Kier alpha value is -1.30. The van der Waals surface area contributed by atoms with E-state index in [1.807, 2.05) is 13.8 Å². The zero-order valence-electron chi connectivity index (χ0n) is 11.4. The normalized spacial score (nSPS) is 22.1. The average molecular weight is 258 g/mol. The predicted octanol–water partition coefficient (Wildman–Crippen LogP) is 1.06. The van der Waals surface area contributed by atoms with Crippen LogP contribution >= 0.6 is 0 Å². The SMILES string of the molecule is CCC(C)(NC(=O)N1CCOC(C)(C)C1)C(=O)O. The summed E-state index contributed by atoms with van der Waals surface area (Å²) in [5.41, 5.74) is -1.61. The van der Waals surface area contributed by atoms with E-state index in [2.05, 4.69) is 5.32 Å². The van der Waals surface area contributed by atoms with Crippen LogP contribution in [0.1, 0.15) is 34.1 Å². The number of carboxylic acid groups (broad SMARTS) is 1. The molecule has 104 valence electrons. The van der Waals surface area contributed by atoms with E-state index in [4.69, 9.17) is 9.84 Å². The van der Waals surface area contributed by atoms with E-state index in [9.17, 15) is 9.59 Å². The number of ether oxygens (including phenoxy) is 1. The number of amides is 2. The summed E-state index contributed by atoms with van der Waals surface area (Å²) in [6.07, 6.45) is 0.335. The van der Waals surface area contributed by atoms with Gasteiger partial charge in [0.15, 0.2) is 0 Å². The summed E-state index contributed by atoms with van der Waals surface area (Å²) in [5, 5.41) is 11.7. The molecule has 0 aliphatic carbocycles. The van der Waals surface area contributed by atoms with Gasteiger partial charge in [-0.2, -0.15) is 0 Å². The molecule has 0 saturated carbocycles. The van der Waals surface area contributed by atoms with E-state index in [1.54, 1.807) is 11.8 Å². The third kappa shape index (κ3) is 3.35. The molecule has 1 aliphatic rings. The van der Waals surface area contributed by atoms with Crippen molar-refractivity contribution in [3.63, 3.8) is 0 Å². The summed E-state index contributed by atoms with van der Waals surface area (Å²) in [7, 11) is 0. The number of nitrogens with zero attached hydrogens (tertiary/aromatic N) is 1. The molecule has 0 aromatic heterocycles. The number of carbonyl (C=O) groups is 2. The van der Waals surface area contributed by atoms with Crippen LogP contribution in [0.3, 0.4) is 0 Å². The van der Waals surface area contributed by atoms with Crippen molar-refractivity contribution in [2.75, 3.05) is 19.7 Å². The number of carbonyl (C=O) groups excluding carboxylic acids is 1. The lowest BCUT2D eigenvalue weighted by molar-refractivity contribution is -0.144. The highest BCUT2D eigenvalue weighted by Crippen LogP contribution is 2.17. The Balaban J connectivity index is 2.68. The lowest BCUT2D eigenvalue weighted by Gasteiger charge is -2.39. The first kappa shape index (κ1) is 14.8. The van der Waals surface area contributed by atoms with Crippen molar-refractivity contribution in [3.8, 4) is 0 Å². The van der Waals surface area contributed by atoms with Crippen LogP contribution in [0.4, 0.5) is 4.79 Å². The average Bonchev–Trinajstić information content (AvgIpc) is 2.27. The number of carboxylic acids is 1. The Morgan fingerprint density at radius 2 is 2.11 bits per heavy atom. The van der Waals surface area contributed by atoms with Gasteiger partial charge in [0.25, 0.3) is 0 Å². The Morgan fingerprint density at radius 1 is 1.50 bits per heavy atom. The minimum Gasteiger partial charge on any atom is -0.480 e. The molecule has 1 unspecified atom stereocenters. The summed E-state index contributed by atoms with van der Waals surface area (Å²) >= 11 is 0. The third-order valence-electron chi connectivity index (χ3n) is 3.27. The maximum atomic E-state index is 12.1. The second kappa shape index (κ2) is 5.14. The summed E-state index contributed by atoms with van der Waals surface area (Å²) in [6.45, 7) is 8.46. The number of urea groups is 1. The van der Waals surface area contributed by atoms with Gasteiger partial charge in [-0.25, -0.2) is 9.59 Å². The topological polar surface area (TPSA) is 78.9 Å². The molecule has 2 amide bonds. The monoisotopic (exact) mass is 258 g/mol. The standard InChI is InChI=1S/C12H22N2O4/c1-5-12(4,9(15)16)13-10(17)14-6-7-18-11(2,3)8-14/h5-8H2,1-4H3,(H,13,17)(H,15,16). The van der Waals surface area contributed by atoms with Gasteiger partial charge in [-0.1, -0.05) is 6.92 Å². The fraction of sp³-hybridized carbons (Fsp3) is 0.833. The van der Waals surface area contributed by atoms with E-state index < -0.39 is 11.5 Å². The summed E-state index contributed by atoms with van der Waals surface area (Å²) in [5.74, 6) is -1.02. The first-order valence-corrected chi connectivity index (χ1v) is 6.14. The van der Waals surface area contributed by atoms with Gasteiger partial charge >= 0.3 is 12.0 Å². The van der Waals surface area contributed by atoms with Crippen LogP contribution in [-0.2, 0) is 9.53 Å². The fourth-order valence-corrected chi connectivity index (χ4v) is 1.80. The van der Waals surface area contributed by atoms with Crippen molar-refractivity contribution in [2.24, 2.45) is 0 Å². The molecule has 6 heteroatoms. The molecule has 0 aromatic carbocycles. The molecule has 1 rings (SSSR count). The predicted molar refractivity (Wildman–Crippen MR) is 66.5 cm³/mol. The molecule has 1 fully saturated rings. The van der Waals surface area contributed by atoms with Crippen LogP contribution < -0.4 is 5.32 Å². The third-order valence-corrected chi connectivity index (χ3v) is 3.27. The van der Waals surface area contributed by atoms with Gasteiger partial charge in [-0.15, -0.1) is 0 Å². The van der Waals surface area contributed by atoms with Gasteiger partial charge in [0.1, 0.15) is 5.54 Å². The van der Waals surface area contributed by atoms with Crippen LogP contribution in [0.2, 0.25) is 0 Å². The zero-order valence-corrected chi connectivity index (χ0v) is 11.4. The van der Waals surface area contributed by atoms with Gasteiger partial charge in [0.2, 0.25) is 0 Å². The largest absolute Gasteiger partial charge is 0.480 e. The maximum absolute atomic E-state index is 12.1. The second-order valence-corrected chi connectivity index (χ2v) is 5.45. The molecule has 1 aliphatic heterocycles. The Bertz CT molecular complexity index is 343. The van der Waals surface area contributed by atoms with Crippen molar-refractivity contribution in [1.29, 1.82) is 0 Å². The summed E-state index contributed by atoms with van der Waals surface area (Å²) < 4.78 is 5.51. The number of nitrogens with one attached hydrogen (secondary N) is 1. The van der Waals surface area contributed by atoms with Crippen LogP contribution in [-0.4, -0.2) is 52.8 Å². The van der Waals surface area contributed by atoms with E-state index in [-0.39, 0.29) is 11.6 Å². The van der Waals surface area contributed by atoms with Gasteiger partial charge in [-0.05, 0) is 27.2 Å². The van der Waals surface area contributed by atoms with E-state index in [1.165, 1.54) is 6.92 Å². The first-order chi connectivity index (χ1) is 8.20. The van der Waals surface area contributed by atoms with Crippen molar-refractivity contribution < 1.29 is 19.4 Å². The van der Waals surface area contributed by atoms with Crippen molar-refractivity contribution in [2.45, 2.75) is 45.3 Å². The first-order valence-electron chi connectivity index (χ1n) is 6.14. The molecule has 1 atom stereocenters. The highest BCUT2D eigenvalue weighted by Gasteiger charge is 2.36. The molecule has 18 heavy (non-hydrogen) atoms. The number of hydrogen-bond donors (Lipinski definition) is 2. The van der Waals surface area contributed by atoms with Gasteiger partial charge in [0.05, 0.1) is 18.8 Å². The molecular weight excluding hydrogens is 236 g/mol. The van der Waals surface area contributed by atoms with Crippen LogP contribution in [0.15, 0.2) is 0 Å². The highest BCUT2D eigenvalue weighted by molar-refractivity contribution is 5.85. The lowest BCUT2D eigenvalue weighted by atomic mass is 9.99. The van der Waals surface area contributed by atoms with E-state index in [0.29, 0.717) is 26.1 Å². The lowest BCUT2D eigenvalue weighted by Crippen LogP contribution is -2.59. The Morgan fingerprint density at radius 3 is 2.56 bits per heavy atom. The van der Waals surface area contributed by atoms with Crippen LogP contribution in [0.25, 0.3) is 0 Å². The van der Waals surface area contributed by atoms with Crippen LogP contribution in [0, 0.1) is 0 Å². The molecular formula is C12H22N2O4. The Labute approximate surface area is 107 Å². The number of rotatable bonds is 3. The van der Waals surface area contributed by atoms with Crippen molar-refractivity contribution in [1.82, 2.24) is 10.2 Å². The Kier molecular flexibility index (Phi) is 4.21. The smallest absolute Gasteiger partial charge is 0.329 e. The molecule has 0 bridgehead atoms. The highest BCUT2D eigenvalue weighted by atomic mass is 16.5. The summed E-state index contributed by atoms with van der Waals surface area (Å²) in [4.78, 5) is 24.8. The molecule has 1 heterocycles. The van der Waals surface area contributed by atoms with Crippen LogP contribution in [0.5, 0.6) is 0 Å². The molecule has 0 radical (unpaired) electrons. The zero-order chi connectivity index (χ0) is 14.0. The van der Waals surface area contributed by atoms with E-state index >= 15 is 0 Å². The van der Waals surface area contributed by atoms with E-state index in [0.717, 1.165) is 0 Å². The number of aliphatic carboxylic acids is 1.